The van der Waals surface area contributed by atoms with Gasteiger partial charge in [-0.05, 0) is 25.3 Å². The van der Waals surface area contributed by atoms with E-state index in [9.17, 15) is 40.2 Å². The number of anilines is 1. The maximum absolute atomic E-state index is 13.2. The van der Waals surface area contributed by atoms with Crippen LogP contribution in [0.2, 0.25) is 0 Å². The predicted octanol–water partition coefficient (Wildman–Crippen LogP) is 2.23. The molecule has 0 amide bonds. The Morgan fingerprint density at radius 3 is 2.45 bits per heavy atom. The Balaban J connectivity index is 1.33. The quantitative estimate of drug-likeness (QED) is 0.128. The highest BCUT2D eigenvalue weighted by Crippen LogP contribution is 2.46. The van der Waals surface area contributed by atoms with Crippen molar-refractivity contribution in [3.63, 3.8) is 0 Å². The van der Waals surface area contributed by atoms with Crippen LogP contribution in [-0.2, 0) is 22.3 Å². The summed E-state index contributed by atoms with van der Waals surface area (Å²) in [5, 5.41) is 66.4. The molecule has 5 rings (SSSR count). The normalized spacial score (nSPS) is 21.5. The van der Waals surface area contributed by atoms with Gasteiger partial charge in [0.15, 0.2) is 23.0 Å². The Morgan fingerprint density at radius 2 is 1.76 bits per heavy atom. The average molecular weight is 686 g/mol. The maximum Gasteiger partial charge on any atom is 0.342 e. The second-order valence-corrected chi connectivity index (χ2v) is 11.4. The van der Waals surface area contributed by atoms with Gasteiger partial charge in [0.2, 0.25) is 17.8 Å². The number of carboxylic acid groups (broad SMARTS) is 1. The number of rotatable bonds is 13. The number of aliphatic hydroxyl groups is 3. The molecule has 7 N–H and O–H groups in total. The Hall–Kier alpha value is -4.96. The lowest BCUT2D eigenvalue weighted by Gasteiger charge is -2.40. The molecule has 0 bridgehead atoms. The molecule has 0 spiro atoms. The summed E-state index contributed by atoms with van der Waals surface area (Å²) in [4.78, 5) is 25.3. The van der Waals surface area contributed by atoms with E-state index in [0.717, 1.165) is 11.6 Å². The SMILES string of the molecule is CCNc1cc(O[C@@H]2O[C@H](COC(=O)c3cc(OC)c(O)c(OCCc4ccccc4)c3O)[C@@H](O)[C@H](O)[C@H]2O)c2c(c1C(=O)O)CCCO2. The van der Waals surface area contributed by atoms with E-state index in [1.807, 2.05) is 30.3 Å². The highest BCUT2D eigenvalue weighted by atomic mass is 16.7. The number of carboxylic acids is 1. The van der Waals surface area contributed by atoms with Gasteiger partial charge in [-0.15, -0.1) is 0 Å². The highest BCUT2D eigenvalue weighted by molar-refractivity contribution is 5.98. The van der Waals surface area contributed by atoms with Gasteiger partial charge >= 0.3 is 11.9 Å². The number of phenolic OH excluding ortho intramolecular Hbond substituents is 2. The van der Waals surface area contributed by atoms with Crippen LogP contribution in [0.4, 0.5) is 5.69 Å². The first-order valence-corrected chi connectivity index (χ1v) is 15.7. The molecule has 15 nitrogen and oxygen atoms in total. The first-order chi connectivity index (χ1) is 23.5. The van der Waals surface area contributed by atoms with Gasteiger partial charge in [-0.3, -0.25) is 0 Å². The van der Waals surface area contributed by atoms with Gasteiger partial charge in [0.05, 0.1) is 31.6 Å². The van der Waals surface area contributed by atoms with E-state index in [1.54, 1.807) is 6.92 Å². The predicted molar refractivity (Wildman–Crippen MR) is 171 cm³/mol. The van der Waals surface area contributed by atoms with Crippen molar-refractivity contribution < 1.29 is 68.6 Å². The van der Waals surface area contributed by atoms with Crippen LogP contribution >= 0.6 is 0 Å². The number of nitrogens with one attached hydrogen (secondary N) is 1. The number of aromatic carboxylic acids is 1. The largest absolute Gasteiger partial charge is 0.504 e. The highest BCUT2D eigenvalue weighted by Gasteiger charge is 2.46. The summed E-state index contributed by atoms with van der Waals surface area (Å²) in [6, 6.07) is 11.8. The molecular formula is C34H39NO14. The van der Waals surface area contributed by atoms with Gasteiger partial charge in [-0.25, -0.2) is 9.59 Å². The number of methoxy groups -OCH3 is 1. The van der Waals surface area contributed by atoms with E-state index in [2.05, 4.69) is 5.32 Å². The molecule has 3 aromatic rings. The number of phenols is 2. The standard InChI is InChI=1S/C34H39NO14/c1-3-35-20-15-22(30-18(10-7-12-45-30)24(20)32(41)42)48-34-29(40)28(39)26(37)23(49-34)16-47-33(43)19-14-21(44-2)27(38)31(25(19)36)46-13-11-17-8-5-4-6-9-17/h4-6,8-9,14-15,23,26,28-29,34-40H,3,7,10-13,16H2,1-2H3,(H,41,42)/t23-,26-,28+,29-,34-/m1/s1. The lowest BCUT2D eigenvalue weighted by Crippen LogP contribution is -2.60. The van der Waals surface area contributed by atoms with Crippen LogP contribution in [0.25, 0.3) is 0 Å². The number of benzene rings is 3. The molecule has 0 unspecified atom stereocenters. The number of carbonyl (C=O) groups is 2. The summed E-state index contributed by atoms with van der Waals surface area (Å²) in [5.41, 5.74) is 1.16. The van der Waals surface area contributed by atoms with E-state index >= 15 is 0 Å². The summed E-state index contributed by atoms with van der Waals surface area (Å²) in [5.74, 6) is -3.95. The molecule has 1 fully saturated rings. The summed E-state index contributed by atoms with van der Waals surface area (Å²) >= 11 is 0. The van der Waals surface area contributed by atoms with Gasteiger partial charge in [0, 0.05) is 30.7 Å². The second-order valence-electron chi connectivity index (χ2n) is 11.4. The van der Waals surface area contributed by atoms with Crippen molar-refractivity contribution in [1.82, 2.24) is 0 Å². The van der Waals surface area contributed by atoms with Crippen LogP contribution in [0, 0.1) is 0 Å². The number of aromatic hydroxyl groups is 2. The summed E-state index contributed by atoms with van der Waals surface area (Å²) in [6.07, 6.45) is -6.99. The van der Waals surface area contributed by atoms with Gasteiger partial charge in [-0.2, -0.15) is 0 Å². The van der Waals surface area contributed by atoms with Gasteiger partial charge in [0.1, 0.15) is 36.6 Å². The lowest BCUT2D eigenvalue weighted by atomic mass is 9.97. The molecule has 2 aliphatic heterocycles. The number of fused-ring (bicyclic) bond motifs is 1. The number of carbonyl (C=O) groups excluding carboxylic acids is 1. The molecular weight excluding hydrogens is 646 g/mol. The zero-order chi connectivity index (χ0) is 35.2. The fraction of sp³-hybridized carbons (Fsp3) is 0.412. The minimum atomic E-state index is -1.81. The molecule has 49 heavy (non-hydrogen) atoms. The number of esters is 1. The van der Waals surface area contributed by atoms with Crippen molar-refractivity contribution in [3.05, 3.63) is 64.7 Å². The van der Waals surface area contributed by atoms with Crippen LogP contribution < -0.4 is 24.3 Å². The molecule has 0 radical (unpaired) electrons. The van der Waals surface area contributed by atoms with Crippen LogP contribution in [0.1, 0.15) is 45.2 Å². The van der Waals surface area contributed by atoms with Gasteiger partial charge < -0.3 is 64.4 Å². The molecule has 2 aliphatic rings. The average Bonchev–Trinajstić information content (AvgIpc) is 3.09. The Bertz CT molecular complexity index is 1650. The van der Waals surface area contributed by atoms with Crippen LogP contribution in [-0.4, -0.2) is 107 Å². The van der Waals surface area contributed by atoms with Gasteiger partial charge in [0.25, 0.3) is 0 Å². The van der Waals surface area contributed by atoms with Crippen LogP contribution in [0.5, 0.6) is 34.5 Å². The van der Waals surface area contributed by atoms with E-state index < -0.39 is 72.1 Å². The number of aliphatic hydroxyl groups excluding tert-OH is 3. The third-order valence-electron chi connectivity index (χ3n) is 8.15. The number of ether oxygens (including phenoxy) is 6. The molecule has 0 aromatic heterocycles. The molecule has 3 aromatic carbocycles. The lowest BCUT2D eigenvalue weighted by molar-refractivity contribution is -0.277. The zero-order valence-corrected chi connectivity index (χ0v) is 26.8. The van der Waals surface area contributed by atoms with Gasteiger partial charge in [-0.1, -0.05) is 30.3 Å². The van der Waals surface area contributed by atoms with Crippen molar-refractivity contribution in [3.8, 4) is 34.5 Å². The maximum atomic E-state index is 13.2. The topological polar surface area (TPSA) is 223 Å². The van der Waals surface area contributed by atoms with E-state index in [4.69, 9.17) is 28.4 Å². The van der Waals surface area contributed by atoms with Crippen LogP contribution in [0.15, 0.2) is 42.5 Å². The number of hydrogen-bond acceptors (Lipinski definition) is 14. The van der Waals surface area contributed by atoms with Crippen molar-refractivity contribution in [2.75, 3.05) is 38.8 Å². The third-order valence-corrected chi connectivity index (χ3v) is 8.15. The van der Waals surface area contributed by atoms with Crippen molar-refractivity contribution in [2.45, 2.75) is 56.9 Å². The molecule has 0 saturated carbocycles. The second kappa shape index (κ2) is 15.5. The fourth-order valence-corrected chi connectivity index (χ4v) is 5.67. The summed E-state index contributed by atoms with van der Waals surface area (Å²) in [6.45, 7) is 1.83. The molecule has 0 aliphatic carbocycles. The smallest absolute Gasteiger partial charge is 0.342 e. The summed E-state index contributed by atoms with van der Waals surface area (Å²) < 4.78 is 33.5. The molecule has 264 valence electrons. The minimum absolute atomic E-state index is 0.0214. The molecule has 2 heterocycles. The molecule has 15 heteroatoms. The summed E-state index contributed by atoms with van der Waals surface area (Å²) in [7, 11) is 1.24. The number of hydrogen-bond donors (Lipinski definition) is 7. The zero-order valence-electron chi connectivity index (χ0n) is 26.8. The molecule has 5 atom stereocenters. The monoisotopic (exact) mass is 685 g/mol. The Kier molecular flexibility index (Phi) is 11.2. The van der Waals surface area contributed by atoms with Crippen LogP contribution in [0.3, 0.4) is 0 Å². The van der Waals surface area contributed by atoms with E-state index in [1.165, 1.54) is 13.2 Å². The molecule has 1 saturated heterocycles. The van der Waals surface area contributed by atoms with Crippen molar-refractivity contribution in [1.29, 1.82) is 0 Å². The van der Waals surface area contributed by atoms with E-state index in [0.29, 0.717) is 31.4 Å². The fourth-order valence-electron chi connectivity index (χ4n) is 5.67. The minimum Gasteiger partial charge on any atom is -0.504 e. The Morgan fingerprint density at radius 1 is 1.00 bits per heavy atom. The third kappa shape index (κ3) is 7.54. The van der Waals surface area contributed by atoms with Crippen molar-refractivity contribution in [2.24, 2.45) is 0 Å². The first-order valence-electron chi connectivity index (χ1n) is 15.7. The van der Waals surface area contributed by atoms with Crippen molar-refractivity contribution >= 4 is 17.6 Å². The van der Waals surface area contributed by atoms with E-state index in [-0.39, 0.29) is 41.7 Å². The first kappa shape index (κ1) is 35.3. The Labute approximate surface area is 281 Å².